The first-order valence-electron chi connectivity index (χ1n) is 6.64. The van der Waals surface area contributed by atoms with Gasteiger partial charge in [-0.2, -0.15) is 74.6 Å². The molecule has 0 aliphatic carbocycles. The molecule has 0 radical (unpaired) electrons. The first-order valence-corrected chi connectivity index (χ1v) is 6.64. The Morgan fingerprint density at radius 2 is 0.700 bits per heavy atom. The van der Waals surface area contributed by atoms with Crippen molar-refractivity contribution < 1.29 is 83.4 Å². The molecule has 0 amide bonds. The van der Waals surface area contributed by atoms with Gasteiger partial charge < -0.3 is 0 Å². The minimum Gasteiger partial charge on any atom is -0.203 e. The molecule has 0 aliphatic rings. The fraction of sp³-hybridized carbons (Fsp3) is 1.00. The summed E-state index contributed by atoms with van der Waals surface area (Å²) in [5, 5.41) is 0. The van der Waals surface area contributed by atoms with Gasteiger partial charge in [0.15, 0.2) is 0 Å². The third-order valence-corrected chi connectivity index (χ3v) is 3.51. The van der Waals surface area contributed by atoms with Crippen LogP contribution in [0.4, 0.5) is 83.4 Å². The smallest absolute Gasteiger partial charge is 0.203 e. The van der Waals surface area contributed by atoms with Gasteiger partial charge in [0, 0.05) is 12.8 Å². The van der Waals surface area contributed by atoms with Gasteiger partial charge >= 0.3 is 54.1 Å². The molecule has 0 nitrogen and oxygen atoms in total. The van der Waals surface area contributed by atoms with Crippen molar-refractivity contribution in [1.29, 1.82) is 0 Å². The summed E-state index contributed by atoms with van der Waals surface area (Å²) in [6, 6.07) is 0. The third-order valence-electron chi connectivity index (χ3n) is 3.51. The van der Waals surface area contributed by atoms with E-state index in [-0.39, 0.29) is 0 Å². The maximum absolute atomic E-state index is 13.2. The molecule has 0 saturated carbocycles. The Kier molecular flexibility index (Phi) is 7.05. The van der Waals surface area contributed by atoms with Crippen molar-refractivity contribution in [2.24, 2.45) is 0 Å². The second kappa shape index (κ2) is 7.37. The Balaban J connectivity index is 6.10. The molecule has 30 heavy (non-hydrogen) atoms. The second-order valence-corrected chi connectivity index (χ2v) is 5.63. The van der Waals surface area contributed by atoms with Crippen LogP contribution in [0.15, 0.2) is 0 Å². The van der Waals surface area contributed by atoms with Gasteiger partial charge in [0.25, 0.3) is 0 Å². The lowest BCUT2D eigenvalue weighted by molar-refractivity contribution is -0.440. The summed E-state index contributed by atoms with van der Waals surface area (Å²) in [4.78, 5) is 0. The average Bonchev–Trinajstić information content (AvgIpc) is 2.50. The number of hydrogen-bond acceptors (Lipinski definition) is 0. The van der Waals surface area contributed by atoms with Crippen LogP contribution in [0, 0.1) is 0 Å². The van der Waals surface area contributed by atoms with E-state index < -0.39 is 66.9 Å². The van der Waals surface area contributed by atoms with Gasteiger partial charge in [0.2, 0.25) is 0 Å². The highest BCUT2D eigenvalue weighted by atomic mass is 19.4. The lowest BCUT2D eigenvalue weighted by Gasteiger charge is -2.40. The molecule has 0 fully saturated rings. The van der Waals surface area contributed by atoms with E-state index in [1.807, 2.05) is 0 Å². The van der Waals surface area contributed by atoms with Crippen molar-refractivity contribution >= 4 is 0 Å². The molecule has 0 aromatic carbocycles. The van der Waals surface area contributed by atoms with E-state index in [0.717, 1.165) is 0 Å². The SMILES string of the molecule is FC(F)C(F)(F)C(F)(F)CCC(F)(F)C(F)(F)C(F)(F)C(F)(F)C(F)(F)C(F)(F)F. The molecule has 0 unspecified atom stereocenters. The average molecular weight is 498 g/mol. The molecular formula is C11H5F19. The quantitative estimate of drug-likeness (QED) is 0.300. The zero-order valence-corrected chi connectivity index (χ0v) is 13.2. The zero-order valence-electron chi connectivity index (χ0n) is 13.2. The van der Waals surface area contributed by atoms with Crippen molar-refractivity contribution in [3.63, 3.8) is 0 Å². The van der Waals surface area contributed by atoms with Crippen LogP contribution in [0.5, 0.6) is 0 Å². The Labute approximate surface area is 152 Å². The Morgan fingerprint density at radius 3 is 1.00 bits per heavy atom. The van der Waals surface area contributed by atoms with E-state index in [4.69, 9.17) is 0 Å². The second-order valence-electron chi connectivity index (χ2n) is 5.63. The fourth-order valence-electron chi connectivity index (χ4n) is 1.60. The monoisotopic (exact) mass is 498 g/mol. The van der Waals surface area contributed by atoms with Crippen LogP contribution in [0.25, 0.3) is 0 Å². The molecule has 19 heteroatoms. The molecular weight excluding hydrogens is 493 g/mol. The first-order chi connectivity index (χ1) is 12.7. The lowest BCUT2D eigenvalue weighted by atomic mass is 9.90. The van der Waals surface area contributed by atoms with E-state index >= 15 is 0 Å². The molecule has 0 spiro atoms. The summed E-state index contributed by atoms with van der Waals surface area (Å²) in [6.07, 6.45) is -20.3. The van der Waals surface area contributed by atoms with Gasteiger partial charge in [0.1, 0.15) is 0 Å². The number of hydrogen-bond donors (Lipinski definition) is 0. The Bertz CT molecular complexity index is 596. The molecule has 0 atom stereocenters. The summed E-state index contributed by atoms with van der Waals surface area (Å²) in [7, 11) is 0. The van der Waals surface area contributed by atoms with E-state index in [2.05, 4.69) is 0 Å². The maximum atomic E-state index is 13.2. The highest BCUT2D eigenvalue weighted by Gasteiger charge is 2.90. The van der Waals surface area contributed by atoms with Gasteiger partial charge in [-0.3, -0.25) is 0 Å². The number of rotatable bonds is 9. The largest absolute Gasteiger partial charge is 0.460 e. The normalized spacial score (nSPS) is 16.4. The van der Waals surface area contributed by atoms with Crippen molar-refractivity contribution in [2.45, 2.75) is 66.9 Å². The van der Waals surface area contributed by atoms with Gasteiger partial charge in [-0.25, -0.2) is 8.78 Å². The molecule has 0 rings (SSSR count). The minimum atomic E-state index is -8.30. The number of halogens is 19. The van der Waals surface area contributed by atoms with Crippen LogP contribution in [0.3, 0.4) is 0 Å². The highest BCUT2D eigenvalue weighted by molar-refractivity contribution is 5.10. The topological polar surface area (TPSA) is 0 Å². The van der Waals surface area contributed by atoms with Crippen molar-refractivity contribution in [2.75, 3.05) is 0 Å². The van der Waals surface area contributed by atoms with Gasteiger partial charge in [0.05, 0.1) is 0 Å². The molecule has 0 saturated heterocycles. The lowest BCUT2D eigenvalue weighted by Crippen LogP contribution is -2.70. The molecule has 0 aromatic heterocycles. The molecule has 0 heterocycles. The highest BCUT2D eigenvalue weighted by Crippen LogP contribution is 2.61. The van der Waals surface area contributed by atoms with E-state index in [9.17, 15) is 83.4 Å². The summed E-state index contributed by atoms with van der Waals surface area (Å²) in [5.74, 6) is -52.6. The number of alkyl halides is 19. The molecule has 182 valence electrons. The summed E-state index contributed by atoms with van der Waals surface area (Å²) < 4.78 is 239. The first kappa shape index (κ1) is 28.7. The fourth-order valence-corrected chi connectivity index (χ4v) is 1.60. The molecule has 0 aromatic rings. The van der Waals surface area contributed by atoms with Crippen LogP contribution in [-0.2, 0) is 0 Å². The zero-order chi connectivity index (χ0) is 25.0. The predicted molar refractivity (Wildman–Crippen MR) is 55.9 cm³/mol. The molecule has 0 N–H and O–H groups in total. The van der Waals surface area contributed by atoms with Crippen LogP contribution in [0.2, 0.25) is 0 Å². The summed E-state index contributed by atoms with van der Waals surface area (Å²) in [5.41, 5.74) is 0. The van der Waals surface area contributed by atoms with Crippen LogP contribution >= 0.6 is 0 Å². The van der Waals surface area contributed by atoms with Gasteiger partial charge in [-0.05, 0) is 0 Å². The standard InChI is InChI=1S/C11H5F19/c12-3(13)6(18,19)4(14,15)1-2-5(16,17)7(20,21)8(22,23)9(24,25)10(26,27)11(28,29)30/h3H,1-2H2. The van der Waals surface area contributed by atoms with Crippen molar-refractivity contribution in [3.8, 4) is 0 Å². The molecule has 0 bridgehead atoms. The van der Waals surface area contributed by atoms with E-state index in [0.29, 0.717) is 0 Å². The summed E-state index contributed by atoms with van der Waals surface area (Å²) >= 11 is 0. The van der Waals surface area contributed by atoms with Gasteiger partial charge in [-0.15, -0.1) is 0 Å². The van der Waals surface area contributed by atoms with Crippen LogP contribution in [-0.4, -0.2) is 54.1 Å². The van der Waals surface area contributed by atoms with Crippen LogP contribution in [0.1, 0.15) is 12.8 Å². The van der Waals surface area contributed by atoms with Crippen molar-refractivity contribution in [3.05, 3.63) is 0 Å². The molecule has 0 aliphatic heterocycles. The predicted octanol–water partition coefficient (Wildman–Crippen LogP) is 7.04. The van der Waals surface area contributed by atoms with E-state index in [1.165, 1.54) is 0 Å². The Morgan fingerprint density at radius 1 is 0.400 bits per heavy atom. The third kappa shape index (κ3) is 4.08. The maximum Gasteiger partial charge on any atom is 0.460 e. The van der Waals surface area contributed by atoms with E-state index in [1.54, 1.807) is 0 Å². The van der Waals surface area contributed by atoms with Crippen LogP contribution < -0.4 is 0 Å². The minimum absolute atomic E-state index is 3.51. The van der Waals surface area contributed by atoms with Crippen molar-refractivity contribution in [1.82, 2.24) is 0 Å². The Hall–Kier alpha value is -1.33. The summed E-state index contributed by atoms with van der Waals surface area (Å²) in [6.45, 7) is 0. The van der Waals surface area contributed by atoms with Gasteiger partial charge in [-0.1, -0.05) is 0 Å².